The maximum absolute atomic E-state index is 13.0. The number of carbonyl (C=O) groups excluding carboxylic acids is 2. The van der Waals surface area contributed by atoms with Gasteiger partial charge in [-0.15, -0.1) is 0 Å². The van der Waals surface area contributed by atoms with Crippen LogP contribution in [0, 0.1) is 0 Å². The number of amides is 3. The molecule has 0 spiro atoms. The van der Waals surface area contributed by atoms with Crippen LogP contribution in [0.4, 0.5) is 4.79 Å². The first-order valence-corrected chi connectivity index (χ1v) is 8.66. The summed E-state index contributed by atoms with van der Waals surface area (Å²) >= 11 is 3.47. The van der Waals surface area contributed by atoms with Crippen LogP contribution < -0.4 is 14.8 Å². The van der Waals surface area contributed by atoms with E-state index in [0.29, 0.717) is 21.7 Å². The first-order chi connectivity index (χ1) is 12.4. The molecule has 1 atom stereocenters. The molecule has 26 heavy (non-hydrogen) atoms. The smallest absolute Gasteiger partial charge is 0.325 e. The van der Waals surface area contributed by atoms with Gasteiger partial charge in [0.2, 0.25) is 0 Å². The molecule has 136 valence electrons. The predicted molar refractivity (Wildman–Crippen MR) is 97.9 cm³/mol. The Balaban J connectivity index is 1.92. The largest absolute Gasteiger partial charge is 0.493 e. The molecule has 2 aromatic rings. The maximum Gasteiger partial charge on any atom is 0.325 e. The second-order valence-corrected chi connectivity index (χ2v) is 6.73. The lowest BCUT2D eigenvalue weighted by atomic mass is 9.97. The molecule has 1 aliphatic heterocycles. The zero-order valence-electron chi connectivity index (χ0n) is 14.6. The number of hydrogen-bond donors (Lipinski definition) is 1. The Morgan fingerprint density at radius 1 is 1.19 bits per heavy atom. The van der Waals surface area contributed by atoms with Gasteiger partial charge in [0.05, 0.1) is 30.9 Å². The van der Waals surface area contributed by atoms with Crippen molar-refractivity contribution in [2.45, 2.75) is 19.0 Å². The molecule has 7 nitrogen and oxygen atoms in total. The van der Waals surface area contributed by atoms with Gasteiger partial charge in [-0.05, 0) is 46.6 Å². The van der Waals surface area contributed by atoms with E-state index in [-0.39, 0.29) is 12.5 Å². The molecular weight excluding hydrogens is 402 g/mol. The molecule has 1 fully saturated rings. The van der Waals surface area contributed by atoms with E-state index in [1.807, 2.05) is 0 Å². The minimum Gasteiger partial charge on any atom is -0.493 e. The van der Waals surface area contributed by atoms with E-state index < -0.39 is 11.6 Å². The van der Waals surface area contributed by atoms with E-state index in [4.69, 9.17) is 9.47 Å². The Morgan fingerprint density at radius 3 is 2.58 bits per heavy atom. The Bertz CT molecular complexity index is 859. The summed E-state index contributed by atoms with van der Waals surface area (Å²) in [6.07, 6.45) is 1.59. The van der Waals surface area contributed by atoms with Crippen molar-refractivity contribution in [3.63, 3.8) is 0 Å². The highest BCUT2D eigenvalue weighted by Gasteiger charge is 2.50. The summed E-state index contributed by atoms with van der Waals surface area (Å²) in [5.74, 6) is 0.700. The Morgan fingerprint density at radius 2 is 1.96 bits per heavy atom. The highest BCUT2D eigenvalue weighted by molar-refractivity contribution is 9.10. The molecule has 1 saturated heterocycles. The van der Waals surface area contributed by atoms with Crippen molar-refractivity contribution in [3.05, 3.63) is 52.3 Å². The number of benzene rings is 1. The number of nitrogens with one attached hydrogen (secondary N) is 1. The molecule has 1 aromatic carbocycles. The second kappa shape index (κ2) is 6.95. The molecule has 0 radical (unpaired) electrons. The molecular formula is C18H18BrN3O4. The number of halogens is 1. The standard InChI is InChI=1S/C18H18BrN3O4/c1-18(13-6-4-5-9-20-13)16(23)22(17(24)21-18)10-11-7-8-12(25-2)15(26-3)14(11)19/h4-9H,10H2,1-3H3,(H,21,24). The van der Waals surface area contributed by atoms with Crippen molar-refractivity contribution < 1.29 is 19.1 Å². The molecule has 0 saturated carbocycles. The summed E-state index contributed by atoms with van der Waals surface area (Å²) in [6.45, 7) is 1.74. The summed E-state index contributed by atoms with van der Waals surface area (Å²) < 4.78 is 11.2. The molecule has 8 heteroatoms. The highest BCUT2D eigenvalue weighted by atomic mass is 79.9. The Labute approximate surface area is 159 Å². The van der Waals surface area contributed by atoms with Crippen molar-refractivity contribution in [1.82, 2.24) is 15.2 Å². The van der Waals surface area contributed by atoms with Gasteiger partial charge in [0.25, 0.3) is 5.91 Å². The molecule has 0 aliphatic carbocycles. The average Bonchev–Trinajstić information content (AvgIpc) is 2.87. The van der Waals surface area contributed by atoms with E-state index in [0.717, 1.165) is 5.56 Å². The third kappa shape index (κ3) is 2.90. The molecule has 0 bridgehead atoms. The van der Waals surface area contributed by atoms with Crippen LogP contribution >= 0.6 is 15.9 Å². The number of pyridine rings is 1. The van der Waals surface area contributed by atoms with Crippen molar-refractivity contribution in [3.8, 4) is 11.5 Å². The van der Waals surface area contributed by atoms with Crippen molar-refractivity contribution in [2.75, 3.05) is 14.2 Å². The summed E-state index contributed by atoms with van der Waals surface area (Å²) in [4.78, 5) is 30.8. The van der Waals surface area contributed by atoms with E-state index >= 15 is 0 Å². The van der Waals surface area contributed by atoms with Gasteiger partial charge < -0.3 is 14.8 Å². The lowest BCUT2D eigenvalue weighted by molar-refractivity contribution is -0.131. The zero-order valence-corrected chi connectivity index (χ0v) is 16.2. The number of nitrogens with zero attached hydrogens (tertiary/aromatic N) is 2. The normalized spacial score (nSPS) is 19.5. The first-order valence-electron chi connectivity index (χ1n) is 7.87. The van der Waals surface area contributed by atoms with Crippen LogP contribution in [0.5, 0.6) is 11.5 Å². The van der Waals surface area contributed by atoms with Crippen LogP contribution in [0.15, 0.2) is 41.0 Å². The number of rotatable bonds is 5. The van der Waals surface area contributed by atoms with Crippen LogP contribution in [0.2, 0.25) is 0 Å². The second-order valence-electron chi connectivity index (χ2n) is 5.94. The topological polar surface area (TPSA) is 80.8 Å². The van der Waals surface area contributed by atoms with Gasteiger partial charge in [0.15, 0.2) is 17.0 Å². The number of imide groups is 1. The molecule has 1 aromatic heterocycles. The molecule has 3 rings (SSSR count). The number of ether oxygens (including phenoxy) is 2. The van der Waals surface area contributed by atoms with Crippen molar-refractivity contribution >= 4 is 27.9 Å². The van der Waals surface area contributed by atoms with Crippen LogP contribution in [-0.4, -0.2) is 36.0 Å². The monoisotopic (exact) mass is 419 g/mol. The zero-order chi connectivity index (χ0) is 18.9. The predicted octanol–water partition coefficient (Wildman–Crippen LogP) is 2.83. The fourth-order valence-electron chi connectivity index (χ4n) is 2.90. The fourth-order valence-corrected chi connectivity index (χ4v) is 3.51. The van der Waals surface area contributed by atoms with Crippen LogP contribution in [0.25, 0.3) is 0 Å². The molecule has 2 heterocycles. The van der Waals surface area contributed by atoms with Gasteiger partial charge in [-0.1, -0.05) is 12.1 Å². The minimum atomic E-state index is -1.19. The summed E-state index contributed by atoms with van der Waals surface area (Å²) in [5, 5.41) is 2.74. The summed E-state index contributed by atoms with van der Waals surface area (Å²) in [6, 6.07) is 8.30. The van der Waals surface area contributed by atoms with E-state index in [1.165, 1.54) is 12.0 Å². The number of methoxy groups -OCH3 is 2. The quantitative estimate of drug-likeness (QED) is 0.753. The average molecular weight is 420 g/mol. The maximum atomic E-state index is 13.0. The first kappa shape index (κ1) is 18.2. The highest BCUT2D eigenvalue weighted by Crippen LogP contribution is 2.39. The third-order valence-electron chi connectivity index (χ3n) is 4.35. The SMILES string of the molecule is COc1ccc(CN2C(=O)NC(C)(c3ccccn3)C2=O)c(Br)c1OC. The van der Waals surface area contributed by atoms with Crippen LogP contribution in [-0.2, 0) is 16.9 Å². The number of aromatic nitrogens is 1. The van der Waals surface area contributed by atoms with E-state index in [2.05, 4.69) is 26.2 Å². The molecule has 1 N–H and O–H groups in total. The van der Waals surface area contributed by atoms with Gasteiger partial charge in [-0.3, -0.25) is 14.7 Å². The number of carbonyl (C=O) groups is 2. The van der Waals surface area contributed by atoms with Gasteiger partial charge >= 0.3 is 6.03 Å². The van der Waals surface area contributed by atoms with Crippen molar-refractivity contribution in [1.29, 1.82) is 0 Å². The number of urea groups is 1. The lowest BCUT2D eigenvalue weighted by Crippen LogP contribution is -2.41. The van der Waals surface area contributed by atoms with Gasteiger partial charge in [0, 0.05) is 6.20 Å². The van der Waals surface area contributed by atoms with Crippen LogP contribution in [0.3, 0.4) is 0 Å². The Hall–Kier alpha value is -2.61. The Kier molecular flexibility index (Phi) is 4.86. The van der Waals surface area contributed by atoms with E-state index in [9.17, 15) is 9.59 Å². The summed E-state index contributed by atoms with van der Waals surface area (Å²) in [7, 11) is 3.07. The van der Waals surface area contributed by atoms with Gasteiger partial charge in [-0.25, -0.2) is 4.79 Å². The molecule has 3 amide bonds. The molecule has 1 aliphatic rings. The lowest BCUT2D eigenvalue weighted by Gasteiger charge is -2.21. The summed E-state index contributed by atoms with van der Waals surface area (Å²) in [5.41, 5.74) is 0.0186. The van der Waals surface area contributed by atoms with Gasteiger partial charge in [0.1, 0.15) is 0 Å². The third-order valence-corrected chi connectivity index (χ3v) is 5.22. The van der Waals surface area contributed by atoms with Crippen LogP contribution in [0.1, 0.15) is 18.2 Å². The van der Waals surface area contributed by atoms with Crippen molar-refractivity contribution in [2.24, 2.45) is 0 Å². The van der Waals surface area contributed by atoms with E-state index in [1.54, 1.807) is 50.6 Å². The minimum absolute atomic E-state index is 0.0913. The number of hydrogen-bond acceptors (Lipinski definition) is 5. The van der Waals surface area contributed by atoms with Gasteiger partial charge in [-0.2, -0.15) is 0 Å². The fraction of sp³-hybridized carbons (Fsp3) is 0.278. The molecule has 1 unspecified atom stereocenters.